The molecule has 0 fully saturated rings. The predicted octanol–water partition coefficient (Wildman–Crippen LogP) is 1.73. The monoisotopic (exact) mass is 380 g/mol. The van der Waals surface area contributed by atoms with E-state index >= 15 is 0 Å². The van der Waals surface area contributed by atoms with Crippen LogP contribution in [-0.4, -0.2) is 37.7 Å². The van der Waals surface area contributed by atoms with Gasteiger partial charge in [-0.2, -0.15) is 4.80 Å². The molecule has 2 rings (SSSR count). The number of tetrazole rings is 1. The van der Waals surface area contributed by atoms with Crippen molar-refractivity contribution < 1.29 is 9.59 Å². The summed E-state index contributed by atoms with van der Waals surface area (Å²) in [6.45, 7) is 5.27. The molecule has 1 aromatic carbocycles. The second-order valence-electron chi connectivity index (χ2n) is 5.90. The summed E-state index contributed by atoms with van der Waals surface area (Å²) in [5.41, 5.74) is 0.357. The maximum Gasteiger partial charge on any atom is 0.321 e. The van der Waals surface area contributed by atoms with E-state index in [1.807, 2.05) is 45.0 Å². The molecule has 23 heavy (non-hydrogen) atoms. The molecule has 0 aliphatic heterocycles. The molecular weight excluding hydrogens is 364 g/mol. The van der Waals surface area contributed by atoms with Gasteiger partial charge in [-0.05, 0) is 50.3 Å². The minimum Gasteiger partial charge on any atom is -0.333 e. The molecule has 9 heteroatoms. The highest BCUT2D eigenvalue weighted by Gasteiger charge is 2.16. The Kier molecular flexibility index (Phi) is 5.09. The maximum absolute atomic E-state index is 11.8. The summed E-state index contributed by atoms with van der Waals surface area (Å²) < 4.78 is 0.942. The Balaban J connectivity index is 1.95. The van der Waals surface area contributed by atoms with E-state index in [4.69, 9.17) is 0 Å². The van der Waals surface area contributed by atoms with Crippen molar-refractivity contribution in [1.29, 1.82) is 0 Å². The molecule has 0 atom stereocenters. The van der Waals surface area contributed by atoms with Gasteiger partial charge >= 0.3 is 6.03 Å². The van der Waals surface area contributed by atoms with Crippen molar-refractivity contribution in [1.82, 2.24) is 30.8 Å². The minimum atomic E-state index is -0.559. The van der Waals surface area contributed by atoms with Crippen LogP contribution in [0, 0.1) is 0 Å². The Bertz CT molecular complexity index is 705. The number of halogens is 1. The fourth-order valence-corrected chi connectivity index (χ4v) is 1.96. The molecule has 0 spiro atoms. The lowest BCUT2D eigenvalue weighted by molar-refractivity contribution is -0.121. The summed E-state index contributed by atoms with van der Waals surface area (Å²) >= 11 is 3.35. The number of hydrogen-bond acceptors (Lipinski definition) is 5. The Hall–Kier alpha value is -2.29. The number of aromatic nitrogens is 4. The summed E-state index contributed by atoms with van der Waals surface area (Å²) in [5.74, 6) is -0.115. The average molecular weight is 381 g/mol. The van der Waals surface area contributed by atoms with Crippen LogP contribution >= 0.6 is 15.9 Å². The Morgan fingerprint density at radius 2 is 1.87 bits per heavy atom. The molecule has 0 unspecified atom stereocenters. The van der Waals surface area contributed by atoms with Crippen molar-refractivity contribution in [2.75, 3.05) is 0 Å². The third-order valence-corrected chi connectivity index (χ3v) is 3.11. The topological polar surface area (TPSA) is 102 Å². The van der Waals surface area contributed by atoms with Crippen LogP contribution in [0.5, 0.6) is 0 Å². The Morgan fingerprint density at radius 3 is 2.48 bits per heavy atom. The number of urea groups is 1. The largest absolute Gasteiger partial charge is 0.333 e. The number of amides is 3. The van der Waals surface area contributed by atoms with E-state index in [0.717, 1.165) is 14.8 Å². The second-order valence-corrected chi connectivity index (χ2v) is 6.82. The number of hydrogen-bond donors (Lipinski definition) is 2. The first-order chi connectivity index (χ1) is 10.7. The van der Waals surface area contributed by atoms with Crippen LogP contribution in [0.15, 0.2) is 28.7 Å². The lowest BCUT2D eigenvalue weighted by atomic mass is 10.1. The van der Waals surface area contributed by atoms with Gasteiger partial charge in [-0.3, -0.25) is 10.1 Å². The van der Waals surface area contributed by atoms with Gasteiger partial charge in [-0.1, -0.05) is 15.9 Å². The van der Waals surface area contributed by atoms with Gasteiger partial charge in [-0.15, -0.1) is 10.2 Å². The van der Waals surface area contributed by atoms with Crippen molar-refractivity contribution in [2.24, 2.45) is 0 Å². The van der Waals surface area contributed by atoms with Crippen molar-refractivity contribution in [3.63, 3.8) is 0 Å². The van der Waals surface area contributed by atoms with E-state index in [-0.39, 0.29) is 6.54 Å². The van der Waals surface area contributed by atoms with Crippen LogP contribution in [0.3, 0.4) is 0 Å². The number of nitrogens with zero attached hydrogens (tertiary/aromatic N) is 4. The lowest BCUT2D eigenvalue weighted by Crippen LogP contribution is -2.49. The number of nitrogens with one attached hydrogen (secondary N) is 2. The first-order valence-corrected chi connectivity index (χ1v) is 7.68. The molecule has 2 N–H and O–H groups in total. The fourth-order valence-electron chi connectivity index (χ4n) is 1.69. The molecule has 0 aliphatic rings. The second kappa shape index (κ2) is 6.86. The summed E-state index contributed by atoms with van der Waals surface area (Å²) in [7, 11) is 0. The maximum atomic E-state index is 11.8. The quantitative estimate of drug-likeness (QED) is 0.843. The highest BCUT2D eigenvalue weighted by molar-refractivity contribution is 9.10. The number of carbonyl (C=O) groups excluding carboxylic acids is 2. The summed E-state index contributed by atoms with van der Waals surface area (Å²) in [4.78, 5) is 24.5. The molecular formula is C14H17BrN6O2. The molecule has 0 saturated heterocycles. The predicted molar refractivity (Wildman–Crippen MR) is 87.4 cm³/mol. The van der Waals surface area contributed by atoms with Crippen LogP contribution in [0.1, 0.15) is 20.8 Å². The van der Waals surface area contributed by atoms with Gasteiger partial charge in [0, 0.05) is 15.6 Å². The molecule has 0 radical (unpaired) electrons. The van der Waals surface area contributed by atoms with Gasteiger partial charge in [0.1, 0.15) is 6.54 Å². The van der Waals surface area contributed by atoms with Crippen molar-refractivity contribution in [3.8, 4) is 11.4 Å². The summed E-state index contributed by atoms with van der Waals surface area (Å²) in [6, 6.07) is 6.83. The molecule has 0 bridgehead atoms. The summed E-state index contributed by atoms with van der Waals surface area (Å²) in [5, 5.41) is 16.7. The van der Waals surface area contributed by atoms with E-state index in [1.54, 1.807) is 0 Å². The zero-order valence-electron chi connectivity index (χ0n) is 13.0. The third-order valence-electron chi connectivity index (χ3n) is 2.58. The Morgan fingerprint density at radius 1 is 1.22 bits per heavy atom. The molecule has 0 aliphatic carbocycles. The van der Waals surface area contributed by atoms with Gasteiger partial charge < -0.3 is 5.32 Å². The molecule has 3 amide bonds. The fraction of sp³-hybridized carbons (Fsp3) is 0.357. The van der Waals surface area contributed by atoms with Gasteiger partial charge in [-0.25, -0.2) is 4.79 Å². The van der Waals surface area contributed by atoms with Crippen LogP contribution < -0.4 is 10.6 Å². The van der Waals surface area contributed by atoms with Gasteiger partial charge in [0.25, 0.3) is 5.91 Å². The SMILES string of the molecule is CC(C)(C)NC(=O)NC(=O)Cn1nnc(-c2ccc(Br)cc2)n1. The van der Waals surface area contributed by atoms with Crippen LogP contribution in [0.2, 0.25) is 0 Å². The first-order valence-electron chi connectivity index (χ1n) is 6.89. The van der Waals surface area contributed by atoms with E-state index < -0.39 is 17.5 Å². The number of carbonyl (C=O) groups is 2. The van der Waals surface area contributed by atoms with E-state index in [0.29, 0.717) is 5.82 Å². The van der Waals surface area contributed by atoms with Crippen molar-refractivity contribution >= 4 is 27.9 Å². The zero-order valence-corrected chi connectivity index (χ0v) is 14.6. The molecule has 1 aromatic heterocycles. The first kappa shape index (κ1) is 17.1. The van der Waals surface area contributed by atoms with Crippen LogP contribution in [0.25, 0.3) is 11.4 Å². The zero-order chi connectivity index (χ0) is 17.0. The van der Waals surface area contributed by atoms with E-state index in [9.17, 15) is 9.59 Å². The normalized spacial score (nSPS) is 11.1. The molecule has 0 saturated carbocycles. The highest BCUT2D eigenvalue weighted by atomic mass is 79.9. The molecule has 122 valence electrons. The standard InChI is InChI=1S/C14H17BrN6O2/c1-14(2,3)17-13(23)16-11(22)8-21-19-12(18-20-21)9-4-6-10(15)7-5-9/h4-7H,8H2,1-3H3,(H2,16,17,22,23). The van der Waals surface area contributed by atoms with E-state index in [2.05, 4.69) is 42.0 Å². The van der Waals surface area contributed by atoms with Gasteiger partial charge in [0.15, 0.2) is 0 Å². The van der Waals surface area contributed by atoms with E-state index in [1.165, 1.54) is 0 Å². The lowest BCUT2D eigenvalue weighted by Gasteiger charge is -2.20. The smallest absolute Gasteiger partial charge is 0.321 e. The summed E-state index contributed by atoms with van der Waals surface area (Å²) in [6.07, 6.45) is 0. The van der Waals surface area contributed by atoms with Crippen molar-refractivity contribution in [2.45, 2.75) is 32.9 Å². The number of benzene rings is 1. The highest BCUT2D eigenvalue weighted by Crippen LogP contribution is 2.17. The minimum absolute atomic E-state index is 0.193. The van der Waals surface area contributed by atoms with Crippen LogP contribution in [0.4, 0.5) is 4.79 Å². The average Bonchev–Trinajstić information content (AvgIpc) is 2.85. The Labute approximate surface area is 141 Å². The van der Waals surface area contributed by atoms with Crippen molar-refractivity contribution in [3.05, 3.63) is 28.7 Å². The van der Waals surface area contributed by atoms with Gasteiger partial charge in [0.2, 0.25) is 5.82 Å². The molecule has 1 heterocycles. The number of rotatable bonds is 3. The molecule has 2 aromatic rings. The number of imide groups is 1. The molecule has 8 nitrogen and oxygen atoms in total. The third kappa shape index (κ3) is 5.44. The van der Waals surface area contributed by atoms with Gasteiger partial charge in [0.05, 0.1) is 0 Å². The van der Waals surface area contributed by atoms with Crippen LogP contribution in [-0.2, 0) is 11.3 Å².